The monoisotopic (exact) mass is 275 g/mol. The summed E-state index contributed by atoms with van der Waals surface area (Å²) in [5.41, 5.74) is 0. The average molecular weight is 275 g/mol. The molecular weight excluding hydrogens is 254 g/mol. The first-order valence-corrected chi connectivity index (χ1v) is 7.96. The highest BCUT2D eigenvalue weighted by Crippen LogP contribution is 2.28. The quantitative estimate of drug-likeness (QED) is 0.715. The van der Waals surface area contributed by atoms with Crippen LogP contribution in [0.5, 0.6) is 0 Å². The van der Waals surface area contributed by atoms with E-state index in [9.17, 15) is 13.2 Å². The molecule has 1 amide bonds. The Morgan fingerprint density at radius 2 is 2.17 bits per heavy atom. The number of nitrogens with one attached hydrogen (secondary N) is 1. The molecule has 2 saturated heterocycles. The molecule has 18 heavy (non-hydrogen) atoms. The third-order valence-electron chi connectivity index (χ3n) is 3.80. The molecule has 1 N–H and O–H groups in total. The van der Waals surface area contributed by atoms with E-state index in [1.807, 2.05) is 4.90 Å². The summed E-state index contributed by atoms with van der Waals surface area (Å²) in [7, 11) is -0.0835. The van der Waals surface area contributed by atoms with Crippen LogP contribution in [-0.4, -0.2) is 68.6 Å². The van der Waals surface area contributed by atoms with Crippen molar-refractivity contribution in [1.29, 1.82) is 0 Å². The topological polar surface area (TPSA) is 69.7 Å². The number of nitrogens with zero attached hydrogens (tertiary/aromatic N) is 2. The van der Waals surface area contributed by atoms with Gasteiger partial charge >= 0.3 is 0 Å². The molecule has 0 aromatic heterocycles. The number of sulfonamides is 1. The van der Waals surface area contributed by atoms with Gasteiger partial charge in [-0.25, -0.2) is 12.7 Å². The molecule has 2 heterocycles. The predicted octanol–water partition coefficient (Wildman–Crippen LogP) is -0.769. The van der Waals surface area contributed by atoms with Gasteiger partial charge in [-0.05, 0) is 12.8 Å². The molecule has 2 aliphatic rings. The van der Waals surface area contributed by atoms with Gasteiger partial charge in [0.05, 0.1) is 5.75 Å². The molecule has 0 aliphatic carbocycles. The van der Waals surface area contributed by atoms with Crippen molar-refractivity contribution in [2.75, 3.05) is 32.9 Å². The summed E-state index contributed by atoms with van der Waals surface area (Å²) in [5.74, 6) is 0.280. The van der Waals surface area contributed by atoms with Gasteiger partial charge in [-0.2, -0.15) is 0 Å². The van der Waals surface area contributed by atoms with Crippen LogP contribution in [-0.2, 0) is 14.8 Å². The SMILES string of the molecule is CN(C)S(=O)(=O)CCNC1CC(=O)N2CCCC12. The molecule has 0 saturated carbocycles. The Balaban J connectivity index is 1.83. The first-order chi connectivity index (χ1) is 8.42. The second-order valence-corrected chi connectivity index (χ2v) is 7.46. The molecule has 6 nitrogen and oxygen atoms in total. The van der Waals surface area contributed by atoms with E-state index < -0.39 is 10.0 Å². The van der Waals surface area contributed by atoms with E-state index in [1.54, 1.807) is 0 Å². The van der Waals surface area contributed by atoms with Gasteiger partial charge in [-0.3, -0.25) is 4.79 Å². The van der Waals surface area contributed by atoms with Crippen molar-refractivity contribution in [3.8, 4) is 0 Å². The standard InChI is InChI=1S/C11H21N3O3S/c1-13(2)18(16,17)7-5-12-9-8-11(15)14-6-3-4-10(9)14/h9-10,12H,3-8H2,1-2H3. The number of carbonyl (C=O) groups excluding carboxylic acids is 1. The molecule has 0 bridgehead atoms. The first kappa shape index (κ1) is 13.8. The van der Waals surface area contributed by atoms with Crippen LogP contribution < -0.4 is 5.32 Å². The Morgan fingerprint density at radius 1 is 1.44 bits per heavy atom. The van der Waals surface area contributed by atoms with E-state index in [-0.39, 0.29) is 23.7 Å². The fraction of sp³-hybridized carbons (Fsp3) is 0.909. The van der Waals surface area contributed by atoms with E-state index in [0.29, 0.717) is 13.0 Å². The molecular formula is C11H21N3O3S. The Morgan fingerprint density at radius 3 is 2.83 bits per heavy atom. The lowest BCUT2D eigenvalue weighted by atomic mass is 10.1. The van der Waals surface area contributed by atoms with Gasteiger partial charge in [0, 0.05) is 45.7 Å². The van der Waals surface area contributed by atoms with Crippen LogP contribution in [0.25, 0.3) is 0 Å². The third-order valence-corrected chi connectivity index (χ3v) is 5.63. The number of carbonyl (C=O) groups is 1. The fourth-order valence-corrected chi connectivity index (χ4v) is 3.47. The number of fused-ring (bicyclic) bond motifs is 1. The highest BCUT2D eigenvalue weighted by atomic mass is 32.2. The smallest absolute Gasteiger partial charge is 0.224 e. The summed E-state index contributed by atoms with van der Waals surface area (Å²) in [6, 6.07) is 0.400. The molecule has 2 fully saturated rings. The van der Waals surface area contributed by atoms with E-state index in [2.05, 4.69) is 5.32 Å². The number of hydrogen-bond acceptors (Lipinski definition) is 4. The van der Waals surface area contributed by atoms with Crippen LogP contribution in [0.15, 0.2) is 0 Å². The summed E-state index contributed by atoms with van der Waals surface area (Å²) in [6.45, 7) is 1.26. The van der Waals surface area contributed by atoms with Gasteiger partial charge in [-0.15, -0.1) is 0 Å². The second-order valence-electron chi connectivity index (χ2n) is 5.16. The van der Waals surface area contributed by atoms with Crippen LogP contribution in [0.4, 0.5) is 0 Å². The second kappa shape index (κ2) is 5.14. The molecule has 2 aliphatic heterocycles. The van der Waals surface area contributed by atoms with Crippen molar-refractivity contribution in [1.82, 2.24) is 14.5 Å². The number of amides is 1. The lowest BCUT2D eigenvalue weighted by molar-refractivity contribution is -0.127. The first-order valence-electron chi connectivity index (χ1n) is 6.35. The minimum Gasteiger partial charge on any atom is -0.338 e. The zero-order valence-corrected chi connectivity index (χ0v) is 11.7. The summed E-state index contributed by atoms with van der Waals surface area (Å²) in [5, 5.41) is 3.23. The van der Waals surface area contributed by atoms with E-state index >= 15 is 0 Å². The molecule has 2 unspecified atom stereocenters. The normalized spacial score (nSPS) is 28.2. The van der Waals surface area contributed by atoms with E-state index in [4.69, 9.17) is 0 Å². The third kappa shape index (κ3) is 2.67. The maximum absolute atomic E-state index is 11.7. The Bertz CT molecular complexity index is 421. The zero-order chi connectivity index (χ0) is 13.3. The van der Waals surface area contributed by atoms with Crippen molar-refractivity contribution in [3.63, 3.8) is 0 Å². The Hall–Kier alpha value is -0.660. The molecule has 0 spiro atoms. The van der Waals surface area contributed by atoms with Crippen LogP contribution >= 0.6 is 0 Å². The van der Waals surface area contributed by atoms with E-state index in [1.165, 1.54) is 18.4 Å². The van der Waals surface area contributed by atoms with Crippen LogP contribution in [0.1, 0.15) is 19.3 Å². The number of hydrogen-bond donors (Lipinski definition) is 1. The fourth-order valence-electron chi connectivity index (χ4n) is 2.73. The minimum atomic E-state index is -3.15. The summed E-state index contributed by atoms with van der Waals surface area (Å²) < 4.78 is 24.4. The molecule has 0 radical (unpaired) electrons. The maximum atomic E-state index is 11.7. The van der Waals surface area contributed by atoms with Crippen molar-refractivity contribution in [2.24, 2.45) is 0 Å². The van der Waals surface area contributed by atoms with Gasteiger partial charge in [0.2, 0.25) is 15.9 Å². The van der Waals surface area contributed by atoms with Crippen molar-refractivity contribution < 1.29 is 13.2 Å². The summed E-state index contributed by atoms with van der Waals surface area (Å²) in [6.07, 6.45) is 2.60. The van der Waals surface area contributed by atoms with Crippen molar-refractivity contribution >= 4 is 15.9 Å². The minimum absolute atomic E-state index is 0.0808. The molecule has 2 rings (SSSR count). The molecule has 0 aromatic rings. The highest BCUT2D eigenvalue weighted by Gasteiger charge is 2.41. The molecule has 2 atom stereocenters. The van der Waals surface area contributed by atoms with Crippen LogP contribution in [0.3, 0.4) is 0 Å². The zero-order valence-electron chi connectivity index (χ0n) is 10.9. The maximum Gasteiger partial charge on any atom is 0.224 e. The molecule has 7 heteroatoms. The Kier molecular flexibility index (Phi) is 3.93. The summed E-state index contributed by atoms with van der Waals surface area (Å²) >= 11 is 0. The average Bonchev–Trinajstić information content (AvgIpc) is 2.84. The summed E-state index contributed by atoms with van der Waals surface area (Å²) in [4.78, 5) is 13.6. The molecule has 0 aromatic carbocycles. The predicted molar refractivity (Wildman–Crippen MR) is 68.6 cm³/mol. The molecule has 104 valence electrons. The van der Waals surface area contributed by atoms with Gasteiger partial charge in [-0.1, -0.05) is 0 Å². The number of rotatable bonds is 5. The Labute approximate surface area is 108 Å². The van der Waals surface area contributed by atoms with Gasteiger partial charge < -0.3 is 10.2 Å². The van der Waals surface area contributed by atoms with Crippen molar-refractivity contribution in [3.05, 3.63) is 0 Å². The van der Waals surface area contributed by atoms with E-state index in [0.717, 1.165) is 19.4 Å². The van der Waals surface area contributed by atoms with Crippen LogP contribution in [0, 0.1) is 0 Å². The lowest BCUT2D eigenvalue weighted by Gasteiger charge is -2.21. The van der Waals surface area contributed by atoms with Crippen LogP contribution in [0.2, 0.25) is 0 Å². The largest absolute Gasteiger partial charge is 0.338 e. The van der Waals surface area contributed by atoms with Crippen molar-refractivity contribution in [2.45, 2.75) is 31.3 Å². The van der Waals surface area contributed by atoms with Gasteiger partial charge in [0.15, 0.2) is 0 Å². The highest BCUT2D eigenvalue weighted by molar-refractivity contribution is 7.89. The van der Waals surface area contributed by atoms with Gasteiger partial charge in [0.25, 0.3) is 0 Å². The van der Waals surface area contributed by atoms with Gasteiger partial charge in [0.1, 0.15) is 0 Å². The lowest BCUT2D eigenvalue weighted by Crippen LogP contribution is -2.42.